The Labute approximate surface area is 132 Å². The normalized spacial score (nSPS) is 17.5. The van der Waals surface area contributed by atoms with E-state index in [1.807, 2.05) is 30.3 Å². The van der Waals surface area contributed by atoms with Crippen LogP contribution in [-0.4, -0.2) is 40.7 Å². The molecule has 3 aromatic rings. The minimum Gasteiger partial charge on any atom is -0.497 e. The van der Waals surface area contributed by atoms with E-state index >= 15 is 0 Å². The fourth-order valence-electron chi connectivity index (χ4n) is 2.61. The molecule has 7 heteroatoms. The van der Waals surface area contributed by atoms with Gasteiger partial charge in [-0.05, 0) is 24.6 Å². The predicted molar refractivity (Wildman–Crippen MR) is 82.0 cm³/mol. The number of nitrogens with zero attached hydrogens (tertiary/aromatic N) is 3. The van der Waals surface area contributed by atoms with Gasteiger partial charge in [0.25, 0.3) is 5.89 Å². The van der Waals surface area contributed by atoms with Gasteiger partial charge in [0.05, 0.1) is 19.4 Å². The monoisotopic (exact) mass is 312 g/mol. The van der Waals surface area contributed by atoms with Crippen LogP contribution in [0.3, 0.4) is 0 Å². The van der Waals surface area contributed by atoms with Crippen molar-refractivity contribution >= 4 is 0 Å². The van der Waals surface area contributed by atoms with Crippen molar-refractivity contribution in [2.45, 2.75) is 12.3 Å². The highest BCUT2D eigenvalue weighted by molar-refractivity contribution is 5.65. The number of methoxy groups -OCH3 is 1. The molecular weight excluding hydrogens is 296 g/mol. The third kappa shape index (κ3) is 2.70. The van der Waals surface area contributed by atoms with Crippen molar-refractivity contribution in [3.05, 3.63) is 36.2 Å². The van der Waals surface area contributed by atoms with Gasteiger partial charge in [-0.2, -0.15) is 10.1 Å². The Bertz CT molecular complexity index is 805. The quantitative estimate of drug-likeness (QED) is 0.797. The van der Waals surface area contributed by atoms with Gasteiger partial charge in [0.1, 0.15) is 11.4 Å². The second-order valence-corrected chi connectivity index (χ2v) is 5.42. The summed E-state index contributed by atoms with van der Waals surface area (Å²) in [6, 6.07) is 9.60. The molecule has 1 N–H and O–H groups in total. The molecule has 0 aliphatic carbocycles. The molecular formula is C16H16N4O3. The second kappa shape index (κ2) is 5.85. The number of benzene rings is 1. The zero-order chi connectivity index (χ0) is 15.6. The minimum absolute atomic E-state index is 0.216. The van der Waals surface area contributed by atoms with Crippen molar-refractivity contribution in [1.82, 2.24) is 20.3 Å². The maximum Gasteiger partial charge on any atom is 0.275 e. The molecule has 3 heterocycles. The largest absolute Gasteiger partial charge is 0.497 e. The predicted octanol–water partition coefficient (Wildman–Crippen LogP) is 2.64. The van der Waals surface area contributed by atoms with E-state index in [2.05, 4.69) is 20.3 Å². The molecule has 2 aromatic heterocycles. The van der Waals surface area contributed by atoms with E-state index in [9.17, 15) is 0 Å². The smallest absolute Gasteiger partial charge is 0.275 e. The first-order valence-corrected chi connectivity index (χ1v) is 7.45. The van der Waals surface area contributed by atoms with E-state index in [4.69, 9.17) is 14.0 Å². The number of nitrogens with one attached hydrogen (secondary N) is 1. The lowest BCUT2D eigenvalue weighted by Gasteiger charge is -2.00. The summed E-state index contributed by atoms with van der Waals surface area (Å²) >= 11 is 0. The fraction of sp³-hybridized carbons (Fsp3) is 0.312. The number of rotatable bonds is 4. The third-order valence-corrected chi connectivity index (χ3v) is 3.91. The molecule has 0 unspecified atom stereocenters. The Kier molecular flexibility index (Phi) is 3.55. The van der Waals surface area contributed by atoms with Crippen LogP contribution in [-0.2, 0) is 4.74 Å². The molecule has 0 bridgehead atoms. The first-order chi connectivity index (χ1) is 11.3. The van der Waals surface area contributed by atoms with E-state index in [0.29, 0.717) is 24.0 Å². The van der Waals surface area contributed by atoms with Gasteiger partial charge in [-0.1, -0.05) is 17.3 Å². The van der Waals surface area contributed by atoms with Crippen LogP contribution in [0.15, 0.2) is 34.9 Å². The SMILES string of the molecule is COc1cccc(-c2cc(-c3nc([C@@H]4CCOC4)no3)[nH]n2)c1. The molecule has 1 fully saturated rings. The molecule has 0 amide bonds. The first-order valence-electron chi connectivity index (χ1n) is 7.45. The molecule has 23 heavy (non-hydrogen) atoms. The number of hydrogen-bond acceptors (Lipinski definition) is 6. The molecule has 1 saturated heterocycles. The Hall–Kier alpha value is -2.67. The van der Waals surface area contributed by atoms with Gasteiger partial charge < -0.3 is 14.0 Å². The number of hydrogen-bond donors (Lipinski definition) is 1. The van der Waals surface area contributed by atoms with Crippen molar-refractivity contribution in [1.29, 1.82) is 0 Å². The summed E-state index contributed by atoms with van der Waals surface area (Å²) in [4.78, 5) is 4.45. The van der Waals surface area contributed by atoms with Crippen LogP contribution in [0.2, 0.25) is 0 Å². The molecule has 4 rings (SSSR count). The number of aromatic amines is 1. The molecule has 1 aromatic carbocycles. The summed E-state index contributed by atoms with van der Waals surface area (Å²) in [6.07, 6.45) is 0.928. The summed E-state index contributed by atoms with van der Waals surface area (Å²) in [5.41, 5.74) is 2.44. The minimum atomic E-state index is 0.216. The van der Waals surface area contributed by atoms with E-state index < -0.39 is 0 Å². The van der Waals surface area contributed by atoms with Gasteiger partial charge in [-0.3, -0.25) is 5.10 Å². The zero-order valence-corrected chi connectivity index (χ0v) is 12.7. The fourth-order valence-corrected chi connectivity index (χ4v) is 2.61. The van der Waals surface area contributed by atoms with E-state index in [-0.39, 0.29) is 5.92 Å². The summed E-state index contributed by atoms with van der Waals surface area (Å²) < 4.78 is 15.9. The van der Waals surface area contributed by atoms with Crippen molar-refractivity contribution < 1.29 is 14.0 Å². The van der Waals surface area contributed by atoms with Crippen LogP contribution in [0.4, 0.5) is 0 Å². The Morgan fingerprint density at radius 2 is 2.26 bits per heavy atom. The molecule has 1 aliphatic heterocycles. The van der Waals surface area contributed by atoms with Gasteiger partial charge in [0, 0.05) is 18.1 Å². The van der Waals surface area contributed by atoms with Crippen LogP contribution in [0.1, 0.15) is 18.2 Å². The summed E-state index contributed by atoms with van der Waals surface area (Å²) in [6.45, 7) is 1.40. The van der Waals surface area contributed by atoms with Crippen LogP contribution in [0, 0.1) is 0 Å². The third-order valence-electron chi connectivity index (χ3n) is 3.91. The Morgan fingerprint density at radius 3 is 3.09 bits per heavy atom. The van der Waals surface area contributed by atoms with Crippen molar-refractivity contribution in [2.75, 3.05) is 20.3 Å². The molecule has 1 aliphatic rings. The van der Waals surface area contributed by atoms with Gasteiger partial charge >= 0.3 is 0 Å². The molecule has 1 atom stereocenters. The maximum atomic E-state index is 5.36. The van der Waals surface area contributed by atoms with Gasteiger partial charge in [0.15, 0.2) is 5.82 Å². The molecule has 0 radical (unpaired) electrons. The van der Waals surface area contributed by atoms with E-state index in [1.165, 1.54) is 0 Å². The van der Waals surface area contributed by atoms with E-state index in [1.54, 1.807) is 7.11 Å². The average molecular weight is 312 g/mol. The van der Waals surface area contributed by atoms with Crippen LogP contribution in [0.25, 0.3) is 22.8 Å². The number of ether oxygens (including phenoxy) is 2. The molecule has 118 valence electrons. The standard InChI is InChI=1S/C16H16N4O3/c1-21-12-4-2-3-10(7-12)13-8-14(19-18-13)16-17-15(20-23-16)11-5-6-22-9-11/h2-4,7-8,11H,5-6,9H2,1H3,(H,18,19)/t11-/m1/s1. The second-order valence-electron chi connectivity index (χ2n) is 5.42. The van der Waals surface area contributed by atoms with Crippen LogP contribution in [0.5, 0.6) is 5.75 Å². The van der Waals surface area contributed by atoms with Gasteiger partial charge in [-0.15, -0.1) is 0 Å². The van der Waals surface area contributed by atoms with Crippen molar-refractivity contribution in [3.8, 4) is 28.6 Å². The van der Waals surface area contributed by atoms with Crippen LogP contribution >= 0.6 is 0 Å². The highest BCUT2D eigenvalue weighted by Crippen LogP contribution is 2.28. The van der Waals surface area contributed by atoms with Crippen LogP contribution < -0.4 is 4.74 Å². The number of H-pyrrole nitrogens is 1. The number of aromatic nitrogens is 4. The van der Waals surface area contributed by atoms with Gasteiger partial charge in [-0.25, -0.2) is 0 Å². The maximum absolute atomic E-state index is 5.36. The lowest BCUT2D eigenvalue weighted by atomic mass is 10.1. The molecule has 7 nitrogen and oxygen atoms in total. The van der Waals surface area contributed by atoms with Gasteiger partial charge in [0.2, 0.25) is 0 Å². The zero-order valence-electron chi connectivity index (χ0n) is 12.7. The average Bonchev–Trinajstić information content (AvgIpc) is 3.34. The lowest BCUT2D eigenvalue weighted by Crippen LogP contribution is -1.99. The van der Waals surface area contributed by atoms with Crippen molar-refractivity contribution in [3.63, 3.8) is 0 Å². The van der Waals surface area contributed by atoms with Crippen molar-refractivity contribution in [2.24, 2.45) is 0 Å². The summed E-state index contributed by atoms with van der Waals surface area (Å²) in [5, 5.41) is 11.3. The Balaban J connectivity index is 1.60. The van der Waals surface area contributed by atoms with E-state index in [0.717, 1.165) is 30.0 Å². The highest BCUT2D eigenvalue weighted by atomic mass is 16.5. The lowest BCUT2D eigenvalue weighted by molar-refractivity contribution is 0.192. The summed E-state index contributed by atoms with van der Waals surface area (Å²) in [7, 11) is 1.64. The molecule has 0 spiro atoms. The Morgan fingerprint density at radius 1 is 1.30 bits per heavy atom. The first kappa shape index (κ1) is 14.0. The molecule has 0 saturated carbocycles. The highest BCUT2D eigenvalue weighted by Gasteiger charge is 2.24. The summed E-state index contributed by atoms with van der Waals surface area (Å²) in [5.74, 6) is 2.13. The topological polar surface area (TPSA) is 86.1 Å².